The number of likely N-dealkylation sites (tertiary alicyclic amines) is 1. The second-order valence-corrected chi connectivity index (χ2v) is 6.33. The molecule has 6 nitrogen and oxygen atoms in total. The number of primary amides is 1. The Morgan fingerprint density at radius 3 is 2.87 bits per heavy atom. The van der Waals surface area contributed by atoms with Crippen LogP contribution in [0.4, 0.5) is 0 Å². The molecule has 0 radical (unpaired) electrons. The van der Waals surface area contributed by atoms with E-state index in [4.69, 9.17) is 21.9 Å². The molecule has 1 aliphatic heterocycles. The minimum atomic E-state index is -1.46. The Hall–Kier alpha value is -1.89. The summed E-state index contributed by atoms with van der Waals surface area (Å²) in [6, 6.07) is 9.18. The number of piperidine rings is 1. The molecule has 0 spiro atoms. The molecule has 2 heterocycles. The highest BCUT2D eigenvalue weighted by Gasteiger charge is 2.38. The van der Waals surface area contributed by atoms with Gasteiger partial charge in [0.2, 0.25) is 0 Å². The molecule has 1 fully saturated rings. The van der Waals surface area contributed by atoms with E-state index in [1.165, 1.54) is 0 Å². The Bertz CT molecular complexity index is 701. The molecular formula is C16H18ClN3O3. The van der Waals surface area contributed by atoms with Crippen LogP contribution in [0.5, 0.6) is 0 Å². The molecule has 0 saturated carbocycles. The van der Waals surface area contributed by atoms with Crippen LogP contribution in [0.3, 0.4) is 0 Å². The van der Waals surface area contributed by atoms with Crippen LogP contribution in [-0.2, 0) is 11.3 Å². The minimum Gasteiger partial charge on any atom is -0.379 e. The van der Waals surface area contributed by atoms with Crippen molar-refractivity contribution < 1.29 is 14.4 Å². The molecule has 0 bridgehead atoms. The Balaban J connectivity index is 1.69. The van der Waals surface area contributed by atoms with E-state index < -0.39 is 11.5 Å². The third-order valence-electron chi connectivity index (χ3n) is 4.09. The maximum atomic E-state index is 11.4. The van der Waals surface area contributed by atoms with Crippen molar-refractivity contribution in [1.82, 2.24) is 10.1 Å². The number of rotatable bonds is 4. The molecule has 3 N–H and O–H groups in total. The van der Waals surface area contributed by atoms with Gasteiger partial charge >= 0.3 is 0 Å². The topological polar surface area (TPSA) is 92.6 Å². The molecule has 1 amide bonds. The maximum Gasteiger partial charge on any atom is 0.250 e. The van der Waals surface area contributed by atoms with Gasteiger partial charge in [-0.25, -0.2) is 0 Å². The number of hydrogen-bond acceptors (Lipinski definition) is 5. The summed E-state index contributed by atoms with van der Waals surface area (Å²) < 4.78 is 5.36. The van der Waals surface area contributed by atoms with E-state index in [2.05, 4.69) is 5.16 Å². The molecule has 2 aromatic rings. The monoisotopic (exact) mass is 335 g/mol. The number of β-amino-alcohol motifs (C(OH)–C–C–N with tert-alkyl or cyclic N) is 1. The first kappa shape index (κ1) is 16.0. The summed E-state index contributed by atoms with van der Waals surface area (Å²) in [5, 5.41) is 14.9. The van der Waals surface area contributed by atoms with Gasteiger partial charge in [-0.05, 0) is 31.5 Å². The van der Waals surface area contributed by atoms with Crippen molar-refractivity contribution in [3.8, 4) is 11.3 Å². The predicted molar refractivity (Wildman–Crippen MR) is 85.6 cm³/mol. The molecule has 3 rings (SSSR count). The van der Waals surface area contributed by atoms with Gasteiger partial charge in [0, 0.05) is 23.2 Å². The Kier molecular flexibility index (Phi) is 4.39. The van der Waals surface area contributed by atoms with Gasteiger partial charge in [-0.15, -0.1) is 0 Å². The number of nitrogens with two attached hydrogens (primary N) is 1. The molecule has 1 aromatic heterocycles. The number of carbonyl (C=O) groups is 1. The number of carbonyl (C=O) groups excluding carboxylic acids is 1. The number of aromatic nitrogens is 1. The Labute approximate surface area is 138 Å². The van der Waals surface area contributed by atoms with E-state index in [1.807, 2.05) is 23.1 Å². The highest BCUT2D eigenvalue weighted by molar-refractivity contribution is 6.30. The van der Waals surface area contributed by atoms with Crippen LogP contribution in [0.1, 0.15) is 18.6 Å². The minimum absolute atomic E-state index is 0.208. The van der Waals surface area contributed by atoms with Crippen LogP contribution >= 0.6 is 11.6 Å². The second-order valence-electron chi connectivity index (χ2n) is 5.90. The van der Waals surface area contributed by atoms with Crippen molar-refractivity contribution in [2.24, 2.45) is 5.73 Å². The van der Waals surface area contributed by atoms with Gasteiger partial charge < -0.3 is 15.4 Å². The number of amides is 1. The van der Waals surface area contributed by atoms with Crippen LogP contribution < -0.4 is 5.73 Å². The largest absolute Gasteiger partial charge is 0.379 e. The van der Waals surface area contributed by atoms with Gasteiger partial charge in [0.05, 0.1) is 6.54 Å². The lowest BCUT2D eigenvalue weighted by Crippen LogP contribution is -2.55. The second kappa shape index (κ2) is 6.31. The summed E-state index contributed by atoms with van der Waals surface area (Å²) in [4.78, 5) is 13.3. The predicted octanol–water partition coefficient (Wildman–Crippen LogP) is 1.81. The van der Waals surface area contributed by atoms with Crippen molar-refractivity contribution in [2.45, 2.75) is 25.0 Å². The van der Waals surface area contributed by atoms with E-state index in [0.29, 0.717) is 30.2 Å². The first-order valence-electron chi connectivity index (χ1n) is 7.42. The van der Waals surface area contributed by atoms with Crippen molar-refractivity contribution >= 4 is 17.5 Å². The fourth-order valence-corrected chi connectivity index (χ4v) is 2.95. The number of aliphatic hydroxyl groups is 1. The van der Waals surface area contributed by atoms with Gasteiger partial charge in [0.15, 0.2) is 11.4 Å². The fraction of sp³-hybridized carbons (Fsp3) is 0.375. The Morgan fingerprint density at radius 1 is 1.43 bits per heavy atom. The summed E-state index contributed by atoms with van der Waals surface area (Å²) in [6.07, 6.45) is 1.10. The van der Waals surface area contributed by atoms with Crippen molar-refractivity contribution in [1.29, 1.82) is 0 Å². The van der Waals surface area contributed by atoms with E-state index in [-0.39, 0.29) is 6.54 Å². The number of halogens is 1. The smallest absolute Gasteiger partial charge is 0.250 e. The zero-order valence-corrected chi connectivity index (χ0v) is 13.3. The number of benzene rings is 1. The highest BCUT2D eigenvalue weighted by Crippen LogP contribution is 2.25. The van der Waals surface area contributed by atoms with Crippen LogP contribution in [0.2, 0.25) is 5.02 Å². The average molecular weight is 336 g/mol. The molecule has 7 heteroatoms. The molecule has 1 unspecified atom stereocenters. The lowest BCUT2D eigenvalue weighted by molar-refractivity contribution is -0.142. The first-order chi connectivity index (χ1) is 11.0. The lowest BCUT2D eigenvalue weighted by Gasteiger charge is -2.36. The average Bonchev–Trinajstić information content (AvgIpc) is 2.96. The van der Waals surface area contributed by atoms with Crippen LogP contribution in [0.15, 0.2) is 34.9 Å². The normalized spacial score (nSPS) is 22.2. The van der Waals surface area contributed by atoms with Gasteiger partial charge in [0.1, 0.15) is 5.69 Å². The summed E-state index contributed by atoms with van der Waals surface area (Å²) >= 11 is 5.87. The standard InChI is InChI=1S/C16H18ClN3O3/c17-12-4-2-11(3-5-12)14-8-13(23-19-14)9-20-7-1-6-16(22,10-20)15(18)21/h2-5,8,22H,1,6-7,9-10H2,(H2,18,21). The lowest BCUT2D eigenvalue weighted by atomic mass is 9.92. The van der Waals surface area contributed by atoms with Gasteiger partial charge in [0.25, 0.3) is 5.91 Å². The quantitative estimate of drug-likeness (QED) is 0.888. The SMILES string of the molecule is NC(=O)C1(O)CCCN(Cc2cc(-c3ccc(Cl)cc3)no2)C1. The number of nitrogens with zero attached hydrogens (tertiary/aromatic N) is 2. The van der Waals surface area contributed by atoms with Crippen molar-refractivity contribution in [2.75, 3.05) is 13.1 Å². The summed E-state index contributed by atoms with van der Waals surface area (Å²) in [5.74, 6) is -0.00899. The van der Waals surface area contributed by atoms with E-state index >= 15 is 0 Å². The van der Waals surface area contributed by atoms with Gasteiger partial charge in [-0.3, -0.25) is 9.69 Å². The summed E-state index contributed by atoms with van der Waals surface area (Å²) in [7, 11) is 0. The van der Waals surface area contributed by atoms with Crippen LogP contribution in [-0.4, -0.2) is 39.8 Å². The van der Waals surface area contributed by atoms with Gasteiger partial charge in [-0.1, -0.05) is 28.9 Å². The van der Waals surface area contributed by atoms with E-state index in [1.54, 1.807) is 12.1 Å². The number of hydrogen-bond donors (Lipinski definition) is 2. The molecule has 1 atom stereocenters. The zero-order valence-electron chi connectivity index (χ0n) is 12.5. The molecule has 122 valence electrons. The van der Waals surface area contributed by atoms with Gasteiger partial charge in [-0.2, -0.15) is 0 Å². The van der Waals surface area contributed by atoms with Crippen LogP contribution in [0.25, 0.3) is 11.3 Å². The fourth-order valence-electron chi connectivity index (χ4n) is 2.82. The molecule has 23 heavy (non-hydrogen) atoms. The molecule has 0 aliphatic carbocycles. The molecule has 1 aliphatic rings. The van der Waals surface area contributed by atoms with Crippen molar-refractivity contribution in [3.05, 3.63) is 41.1 Å². The zero-order chi connectivity index (χ0) is 16.4. The third kappa shape index (κ3) is 3.55. The van der Waals surface area contributed by atoms with Crippen LogP contribution in [0, 0.1) is 0 Å². The van der Waals surface area contributed by atoms with Crippen molar-refractivity contribution in [3.63, 3.8) is 0 Å². The maximum absolute atomic E-state index is 11.4. The molecule has 1 saturated heterocycles. The summed E-state index contributed by atoms with van der Waals surface area (Å²) in [5.41, 5.74) is 5.46. The first-order valence-corrected chi connectivity index (χ1v) is 7.80. The van der Waals surface area contributed by atoms with E-state index in [0.717, 1.165) is 17.8 Å². The molecule has 1 aromatic carbocycles. The van der Waals surface area contributed by atoms with E-state index in [9.17, 15) is 9.90 Å². The Morgan fingerprint density at radius 2 is 2.17 bits per heavy atom. The summed E-state index contributed by atoms with van der Waals surface area (Å²) in [6.45, 7) is 1.45. The molecular weight excluding hydrogens is 318 g/mol. The highest BCUT2D eigenvalue weighted by atomic mass is 35.5. The third-order valence-corrected chi connectivity index (χ3v) is 4.34.